The van der Waals surface area contributed by atoms with Crippen molar-refractivity contribution >= 4 is 68.2 Å². The minimum Gasteiger partial charge on any atom is -0.0561 e. The Morgan fingerprint density at radius 1 is 0.600 bits per heavy atom. The summed E-state index contributed by atoms with van der Waals surface area (Å²) in [7, 11) is 0. The number of hydrogen-bond donors (Lipinski definition) is 0. The zero-order valence-electron chi connectivity index (χ0n) is 32.8. The number of pyridine rings is 2. The minimum atomic E-state index is -0.635. The van der Waals surface area contributed by atoms with Crippen molar-refractivity contribution in [2.24, 2.45) is 0 Å². The van der Waals surface area contributed by atoms with Crippen molar-refractivity contribution < 1.29 is 25.8 Å². The topological polar surface area (TPSA) is 44.7 Å². The van der Waals surface area contributed by atoms with Gasteiger partial charge in [-0.25, -0.2) is 0 Å². The Morgan fingerprint density at radius 3 is 2.02 bits per heavy atom. The molecule has 0 N–H and O–H groups in total. The van der Waals surface area contributed by atoms with Crippen molar-refractivity contribution in [2.45, 2.75) is 78.6 Å². The minimum absolute atomic E-state index is 0. The molecule has 0 radical (unpaired) electrons. The number of fused-ring (bicyclic) bond motifs is 3. The maximum Gasteiger partial charge on any atom is 0 e. The van der Waals surface area contributed by atoms with E-state index >= 15 is 0 Å². The fraction of sp³-hybridized carbons (Fsp3) is 0.255. The van der Waals surface area contributed by atoms with Gasteiger partial charge in [0, 0.05) is 27.3 Å². The third-order valence-corrected chi connectivity index (χ3v) is 13.1. The normalized spacial score (nSPS) is 13.9. The van der Waals surface area contributed by atoms with Crippen molar-refractivity contribution in [2.75, 3.05) is 14.7 Å². The predicted octanol–water partition coefficient (Wildman–Crippen LogP) is 10.6. The fourth-order valence-corrected chi connectivity index (χ4v) is 9.64. The third kappa shape index (κ3) is 7.82. The number of rotatable bonds is 5. The summed E-state index contributed by atoms with van der Waals surface area (Å²) >= 11 is -0.635. The first-order chi connectivity index (χ1) is 25.6. The zero-order valence-corrected chi connectivity index (χ0v) is 37.4. The zero-order chi connectivity index (χ0) is 38.0. The molecule has 55 heavy (non-hydrogen) atoms. The molecule has 0 unspecified atom stereocenters. The summed E-state index contributed by atoms with van der Waals surface area (Å²) in [5.74, 6) is 3.00. The number of para-hydroxylation sites is 1. The predicted molar refractivity (Wildman–Crippen MR) is 223 cm³/mol. The maximum absolute atomic E-state index is 6.59. The van der Waals surface area contributed by atoms with E-state index in [1.165, 1.54) is 23.9 Å². The van der Waals surface area contributed by atoms with Gasteiger partial charge in [-0.05, 0) is 34.1 Å². The fourth-order valence-electron chi connectivity index (χ4n) is 6.72. The Labute approximate surface area is 351 Å². The van der Waals surface area contributed by atoms with E-state index in [-0.39, 0.29) is 37.3 Å². The average molecular weight is 1020 g/mol. The van der Waals surface area contributed by atoms with Crippen LogP contribution in [-0.4, -0.2) is 30.9 Å². The van der Waals surface area contributed by atoms with E-state index in [0.29, 0.717) is 11.5 Å². The second-order valence-corrected chi connectivity index (χ2v) is 20.2. The summed E-state index contributed by atoms with van der Waals surface area (Å²) in [5.41, 5.74) is 8.88. The Hall–Kier alpha value is -4.14. The molecule has 0 saturated carbocycles. The molecule has 0 amide bonds. The molecule has 2 aliphatic heterocycles. The summed E-state index contributed by atoms with van der Waals surface area (Å²) < 4.78 is 9.27. The smallest absolute Gasteiger partial charge is 0 e. The van der Waals surface area contributed by atoms with Gasteiger partial charge in [0.1, 0.15) is 0 Å². The van der Waals surface area contributed by atoms with Crippen LogP contribution in [0, 0.1) is 18.8 Å². The number of anilines is 7. The molecule has 8 heteroatoms. The van der Waals surface area contributed by atoms with Gasteiger partial charge in [0.15, 0.2) is 0 Å². The van der Waals surface area contributed by atoms with Crippen LogP contribution in [0.15, 0.2) is 109 Å². The van der Waals surface area contributed by atoms with E-state index in [9.17, 15) is 0 Å². The molecule has 284 valence electrons. The second-order valence-electron chi connectivity index (χ2n) is 17.1. The summed E-state index contributed by atoms with van der Waals surface area (Å²) in [4.78, 5) is 16.3. The monoisotopic (exact) mass is 1020 g/mol. The van der Waals surface area contributed by atoms with Gasteiger partial charge in [0.25, 0.3) is 0 Å². The van der Waals surface area contributed by atoms with Gasteiger partial charge in [-0.2, -0.15) is 0 Å². The van der Waals surface area contributed by atoms with Crippen molar-refractivity contribution in [1.82, 2.24) is 9.97 Å². The van der Waals surface area contributed by atoms with Crippen molar-refractivity contribution in [3.8, 4) is 11.5 Å². The number of ether oxygens (including phenoxy) is 1. The van der Waals surface area contributed by atoms with E-state index in [1.54, 1.807) is 0 Å². The van der Waals surface area contributed by atoms with Crippen LogP contribution in [0.2, 0.25) is 0 Å². The van der Waals surface area contributed by atoms with Crippen LogP contribution in [0.5, 0.6) is 11.5 Å². The quantitative estimate of drug-likeness (QED) is 0.126. The summed E-state index contributed by atoms with van der Waals surface area (Å²) in [6.07, 6.45) is 3.77. The third-order valence-electron chi connectivity index (χ3n) is 9.90. The molecule has 4 heterocycles. The molecule has 4 aromatic carbocycles. The summed E-state index contributed by atoms with van der Waals surface area (Å²) in [6.45, 7) is 22.4. The Balaban J connectivity index is 0.00000465. The van der Waals surface area contributed by atoms with Gasteiger partial charge in [-0.15, -0.1) is 0 Å². The molecule has 6 nitrogen and oxygen atoms in total. The first-order valence-corrected chi connectivity index (χ1v) is 20.8. The molecular weight excluding hydrogens is 973 g/mol. The molecule has 0 fully saturated rings. The molecule has 0 saturated heterocycles. The van der Waals surface area contributed by atoms with Crippen LogP contribution >= 0.6 is 0 Å². The molecule has 2 aromatic heterocycles. The van der Waals surface area contributed by atoms with Crippen LogP contribution in [0.1, 0.15) is 79.0 Å². The van der Waals surface area contributed by atoms with Crippen molar-refractivity contribution in [3.05, 3.63) is 145 Å². The van der Waals surface area contributed by atoms with Gasteiger partial charge >= 0.3 is 245 Å². The first-order valence-electron chi connectivity index (χ1n) is 18.5. The molecule has 2 aliphatic rings. The van der Waals surface area contributed by atoms with E-state index in [1.807, 2.05) is 36.7 Å². The number of benzene rings is 4. The number of nitrogens with zero attached hydrogens (tertiary/aromatic N) is 5. The molecule has 8 rings (SSSR count). The number of aromatic nitrogens is 2. The largest absolute Gasteiger partial charge is 0.0561 e. The van der Waals surface area contributed by atoms with Crippen LogP contribution in [0.3, 0.4) is 0 Å². The van der Waals surface area contributed by atoms with E-state index in [0.717, 1.165) is 40.1 Å². The Kier molecular flexibility index (Phi) is 10.5. The van der Waals surface area contributed by atoms with E-state index in [2.05, 4.69) is 169 Å². The standard InChI is InChI=1S/C47H46N5OTe.Pt/c1-45(2,3)31-21-23-48-43(27-31)52-38-16-10-11-18-41(38)54-42-20-19-37(29-40(42)52)53-36-15-12-14-34(28-36)50-30-51(44-39(50)17-13-22-49-44)35-25-32(46(4,5)6)24-33(26-35)47(7,8)9;/h10-27,30H,1-9H3;/q-3;. The molecule has 0 bridgehead atoms. The summed E-state index contributed by atoms with van der Waals surface area (Å²) in [6, 6.07) is 41.5. The SMILES string of the molecule is CC(C)(C)c1cc(N2[CH-]N(c3[c-]c(Oc4[c-]c5c(cc4)[Te]c4ccccc4N5c4cc(C(C)(C)C)ccn4)ccc3)c3cccnc32)cc(C(C)(C)C)c1.[Pt]. The van der Waals surface area contributed by atoms with E-state index in [4.69, 9.17) is 14.7 Å². The van der Waals surface area contributed by atoms with Gasteiger partial charge in [0.05, 0.1) is 0 Å². The number of hydrogen-bond acceptors (Lipinski definition) is 6. The Morgan fingerprint density at radius 2 is 1.29 bits per heavy atom. The maximum atomic E-state index is 6.59. The van der Waals surface area contributed by atoms with Crippen molar-refractivity contribution in [3.63, 3.8) is 0 Å². The van der Waals surface area contributed by atoms with E-state index < -0.39 is 20.9 Å². The van der Waals surface area contributed by atoms with Crippen LogP contribution < -0.4 is 26.7 Å². The van der Waals surface area contributed by atoms with Gasteiger partial charge in [0.2, 0.25) is 0 Å². The van der Waals surface area contributed by atoms with Gasteiger partial charge in [-0.3, -0.25) is 0 Å². The summed E-state index contributed by atoms with van der Waals surface area (Å²) in [5, 5.41) is 0. The Bertz CT molecular complexity index is 2340. The van der Waals surface area contributed by atoms with Crippen LogP contribution in [0.25, 0.3) is 0 Å². The van der Waals surface area contributed by atoms with Gasteiger partial charge < -0.3 is 0 Å². The average Bonchev–Trinajstić information content (AvgIpc) is 3.53. The second kappa shape index (κ2) is 14.7. The molecule has 0 atom stereocenters. The first kappa shape index (κ1) is 39.1. The van der Waals surface area contributed by atoms with Gasteiger partial charge in [-0.1, -0.05) is 47.6 Å². The van der Waals surface area contributed by atoms with Crippen LogP contribution in [0.4, 0.5) is 40.1 Å². The molecule has 0 spiro atoms. The van der Waals surface area contributed by atoms with Crippen LogP contribution in [-0.2, 0) is 37.3 Å². The molecule has 6 aromatic rings. The van der Waals surface area contributed by atoms with Crippen molar-refractivity contribution in [1.29, 1.82) is 0 Å². The molecular formula is C47H46N5OPtTe-3. The molecule has 0 aliphatic carbocycles.